The van der Waals surface area contributed by atoms with Crippen LogP contribution in [-0.2, 0) is 19.0 Å². The van der Waals surface area contributed by atoms with Gasteiger partial charge in [0.05, 0.1) is 0 Å². The van der Waals surface area contributed by atoms with Gasteiger partial charge in [0.15, 0.2) is 0 Å². The molecule has 7 heteroatoms. The van der Waals surface area contributed by atoms with Gasteiger partial charge in [-0.1, -0.05) is 0 Å². The number of carbonyl (C=O) groups excluding carboxylic acids is 1. The normalized spacial score (nSPS) is 36.1. The molecule has 1 aromatic carbocycles. The van der Waals surface area contributed by atoms with Gasteiger partial charge in [-0.2, -0.15) is 0 Å². The fraction of sp³-hybridized carbons (Fsp3) is 0.682. The van der Waals surface area contributed by atoms with Crippen molar-refractivity contribution in [3.05, 3.63) is 30.3 Å². The van der Waals surface area contributed by atoms with Gasteiger partial charge in [-0.05, 0) is 0 Å². The molecule has 4 fully saturated rings. The van der Waals surface area contributed by atoms with Crippen LogP contribution in [0.2, 0.25) is 4.82 Å². The fourth-order valence-electron chi connectivity index (χ4n) is 4.99. The molecule has 4 nitrogen and oxygen atoms in total. The SMILES string of the molecule is O=C1O[C@H]2C([Se]c3ccccc3)CC(COC3CCCCO3)C2C12SCCCS2. The van der Waals surface area contributed by atoms with Crippen LogP contribution < -0.4 is 4.46 Å². The van der Waals surface area contributed by atoms with Gasteiger partial charge in [0.1, 0.15) is 0 Å². The Labute approximate surface area is 187 Å². The molecule has 3 aliphatic heterocycles. The van der Waals surface area contributed by atoms with Crippen molar-refractivity contribution >= 4 is 48.9 Å². The molecule has 1 aliphatic carbocycles. The van der Waals surface area contributed by atoms with Gasteiger partial charge in [0.2, 0.25) is 0 Å². The second-order valence-electron chi connectivity index (χ2n) is 8.21. The second kappa shape index (κ2) is 9.13. The van der Waals surface area contributed by atoms with E-state index in [1.807, 2.05) is 23.5 Å². The predicted molar refractivity (Wildman–Crippen MR) is 119 cm³/mol. The van der Waals surface area contributed by atoms with E-state index < -0.39 is 4.08 Å². The molecule has 3 saturated heterocycles. The van der Waals surface area contributed by atoms with E-state index in [-0.39, 0.29) is 24.3 Å². The van der Waals surface area contributed by atoms with Gasteiger partial charge in [0.25, 0.3) is 0 Å². The third-order valence-electron chi connectivity index (χ3n) is 6.32. The molecule has 29 heavy (non-hydrogen) atoms. The molecule has 0 bridgehead atoms. The summed E-state index contributed by atoms with van der Waals surface area (Å²) in [5.41, 5.74) is 0. The van der Waals surface area contributed by atoms with Gasteiger partial charge < -0.3 is 0 Å². The van der Waals surface area contributed by atoms with Crippen molar-refractivity contribution in [1.29, 1.82) is 0 Å². The van der Waals surface area contributed by atoms with E-state index in [1.54, 1.807) is 0 Å². The van der Waals surface area contributed by atoms with Gasteiger partial charge >= 0.3 is 188 Å². The van der Waals surface area contributed by atoms with Crippen LogP contribution >= 0.6 is 23.5 Å². The Bertz CT molecular complexity index is 706. The number of thioether (sulfide) groups is 2. The molecule has 5 rings (SSSR count). The van der Waals surface area contributed by atoms with Crippen LogP contribution in [0.25, 0.3) is 0 Å². The van der Waals surface area contributed by atoms with Crippen molar-refractivity contribution in [2.75, 3.05) is 24.7 Å². The molecule has 1 spiro atoms. The molecule has 1 aromatic rings. The van der Waals surface area contributed by atoms with Crippen LogP contribution in [0.5, 0.6) is 0 Å². The Hall–Kier alpha value is -0.171. The number of benzene rings is 1. The first-order valence-corrected chi connectivity index (χ1v) is 14.5. The van der Waals surface area contributed by atoms with Crippen molar-refractivity contribution in [2.24, 2.45) is 11.8 Å². The Kier molecular flexibility index (Phi) is 6.53. The van der Waals surface area contributed by atoms with Crippen molar-refractivity contribution in [3.8, 4) is 0 Å². The third-order valence-corrected chi connectivity index (χ3v) is 12.5. The zero-order chi connectivity index (χ0) is 19.7. The molecule has 158 valence electrons. The summed E-state index contributed by atoms with van der Waals surface area (Å²) in [5, 5.41) is 0. The number of esters is 1. The van der Waals surface area contributed by atoms with E-state index >= 15 is 0 Å². The average molecular weight is 500 g/mol. The van der Waals surface area contributed by atoms with Crippen molar-refractivity contribution in [3.63, 3.8) is 0 Å². The molecule has 5 atom stereocenters. The van der Waals surface area contributed by atoms with Crippen LogP contribution in [0.15, 0.2) is 30.3 Å². The first kappa shape index (κ1) is 20.7. The molecule has 4 unspecified atom stereocenters. The number of hydrogen-bond donors (Lipinski definition) is 0. The molecular weight excluding hydrogens is 471 g/mol. The first-order valence-electron chi connectivity index (χ1n) is 10.7. The van der Waals surface area contributed by atoms with Crippen LogP contribution in [-0.4, -0.2) is 62.1 Å². The number of rotatable bonds is 5. The first-order chi connectivity index (χ1) is 14.3. The van der Waals surface area contributed by atoms with Gasteiger partial charge in [-0.15, -0.1) is 0 Å². The van der Waals surface area contributed by atoms with Gasteiger partial charge in [-0.3, -0.25) is 0 Å². The van der Waals surface area contributed by atoms with E-state index in [4.69, 9.17) is 14.2 Å². The molecular formula is C22H28O4S2Se. The standard InChI is InChI=1S/C22H28O4S2Se/c23-21-22(27-11-6-12-28-22)19-15(14-25-18-9-4-5-10-24-18)13-17(20(19)26-21)29-16-7-2-1-3-8-16/h1-3,7-8,15,17-20H,4-6,9-14H2/t15?,17?,18?,19?,20-/m0/s1. The monoisotopic (exact) mass is 500 g/mol. The third kappa shape index (κ3) is 4.16. The predicted octanol–water partition coefficient (Wildman–Crippen LogP) is 3.48. The van der Waals surface area contributed by atoms with Crippen molar-refractivity contribution in [2.45, 2.75) is 53.4 Å². The molecule has 0 N–H and O–H groups in total. The Morgan fingerprint density at radius 3 is 2.72 bits per heavy atom. The van der Waals surface area contributed by atoms with Gasteiger partial charge in [-0.25, -0.2) is 0 Å². The maximum absolute atomic E-state index is 13.1. The Morgan fingerprint density at radius 1 is 1.14 bits per heavy atom. The van der Waals surface area contributed by atoms with Crippen LogP contribution in [0.1, 0.15) is 32.1 Å². The Balaban J connectivity index is 1.36. The summed E-state index contributed by atoms with van der Waals surface area (Å²) in [5.74, 6) is 2.75. The van der Waals surface area contributed by atoms with E-state index in [9.17, 15) is 4.79 Å². The number of ether oxygens (including phenoxy) is 3. The van der Waals surface area contributed by atoms with Crippen LogP contribution in [0.3, 0.4) is 0 Å². The van der Waals surface area contributed by atoms with E-state index in [2.05, 4.69) is 30.3 Å². The van der Waals surface area contributed by atoms with E-state index in [1.165, 1.54) is 17.3 Å². The van der Waals surface area contributed by atoms with Gasteiger partial charge in [0, 0.05) is 0 Å². The molecule has 0 radical (unpaired) electrons. The average Bonchev–Trinajstić information content (AvgIpc) is 3.24. The molecule has 0 amide bonds. The summed E-state index contributed by atoms with van der Waals surface area (Å²) in [6.07, 6.45) is 5.54. The summed E-state index contributed by atoms with van der Waals surface area (Å²) in [4.78, 5) is 13.5. The molecule has 4 aliphatic rings. The topological polar surface area (TPSA) is 44.8 Å². The quantitative estimate of drug-likeness (QED) is 0.457. The van der Waals surface area contributed by atoms with Crippen LogP contribution in [0, 0.1) is 11.8 Å². The summed E-state index contributed by atoms with van der Waals surface area (Å²) in [6.45, 7) is 1.49. The number of hydrogen-bond acceptors (Lipinski definition) is 6. The van der Waals surface area contributed by atoms with Crippen molar-refractivity contribution < 1.29 is 19.0 Å². The zero-order valence-electron chi connectivity index (χ0n) is 16.5. The molecule has 3 heterocycles. The minimum atomic E-state index is -0.411. The summed E-state index contributed by atoms with van der Waals surface area (Å²) >= 11 is 3.98. The van der Waals surface area contributed by atoms with E-state index in [0.29, 0.717) is 32.3 Å². The Morgan fingerprint density at radius 2 is 1.97 bits per heavy atom. The fourth-order valence-corrected chi connectivity index (χ4v) is 11.4. The number of carbonyl (C=O) groups is 1. The summed E-state index contributed by atoms with van der Waals surface area (Å²) in [7, 11) is 0. The number of fused-ring (bicyclic) bond motifs is 2. The zero-order valence-corrected chi connectivity index (χ0v) is 19.8. The summed E-state index contributed by atoms with van der Waals surface area (Å²) < 4.78 is 19.2. The second-order valence-corrected chi connectivity index (χ2v) is 13.9. The van der Waals surface area contributed by atoms with Crippen LogP contribution in [0.4, 0.5) is 0 Å². The summed E-state index contributed by atoms with van der Waals surface area (Å²) in [6, 6.07) is 10.7. The minimum absolute atomic E-state index is 0.0229. The molecule has 1 saturated carbocycles. The maximum atomic E-state index is 13.1. The van der Waals surface area contributed by atoms with E-state index in [0.717, 1.165) is 37.4 Å². The molecule has 0 aromatic heterocycles. The van der Waals surface area contributed by atoms with Crippen molar-refractivity contribution in [1.82, 2.24) is 0 Å².